The Hall–Kier alpha value is -1.88. The molecule has 1 aromatic carbocycles. The largest absolute Gasteiger partial charge is 0.481 e. The van der Waals surface area contributed by atoms with Crippen molar-refractivity contribution >= 4 is 11.9 Å². The van der Waals surface area contributed by atoms with Gasteiger partial charge in [0.2, 0.25) is 5.91 Å². The maximum Gasteiger partial charge on any atom is 0.305 e. The smallest absolute Gasteiger partial charge is 0.305 e. The lowest BCUT2D eigenvalue weighted by atomic mass is 10.2. The minimum atomic E-state index is -0.897. The molecule has 0 aliphatic heterocycles. The summed E-state index contributed by atoms with van der Waals surface area (Å²) in [6.45, 7) is 5.25. The second-order valence-corrected chi connectivity index (χ2v) is 5.67. The first-order chi connectivity index (χ1) is 10.5. The summed E-state index contributed by atoms with van der Waals surface area (Å²) in [6, 6.07) is 9.93. The summed E-state index contributed by atoms with van der Waals surface area (Å²) in [7, 11) is 0. The molecule has 1 N–H and O–H groups in total. The second-order valence-electron chi connectivity index (χ2n) is 5.67. The molecule has 1 amide bonds. The van der Waals surface area contributed by atoms with Crippen LogP contribution in [0.5, 0.6) is 0 Å². The van der Waals surface area contributed by atoms with Crippen LogP contribution in [0.3, 0.4) is 0 Å². The van der Waals surface area contributed by atoms with Gasteiger partial charge >= 0.3 is 5.97 Å². The molecule has 0 bridgehead atoms. The Morgan fingerprint density at radius 1 is 1.23 bits per heavy atom. The molecule has 0 unspecified atom stereocenters. The van der Waals surface area contributed by atoms with Gasteiger partial charge in [-0.2, -0.15) is 0 Å². The van der Waals surface area contributed by atoms with Gasteiger partial charge in [0.25, 0.3) is 0 Å². The first-order valence-electron chi connectivity index (χ1n) is 7.60. The van der Waals surface area contributed by atoms with Gasteiger partial charge in [0, 0.05) is 13.1 Å². The molecule has 1 rings (SSSR count). The van der Waals surface area contributed by atoms with E-state index in [4.69, 9.17) is 9.84 Å². The molecule has 0 spiro atoms. The zero-order chi connectivity index (χ0) is 16.4. The van der Waals surface area contributed by atoms with Crippen molar-refractivity contribution in [1.82, 2.24) is 4.90 Å². The van der Waals surface area contributed by atoms with E-state index in [1.54, 1.807) is 4.90 Å². The molecular formula is C17H25NO4. The molecule has 0 radical (unpaired) electrons. The van der Waals surface area contributed by atoms with Gasteiger partial charge in [-0.15, -0.1) is 0 Å². The van der Waals surface area contributed by atoms with Crippen molar-refractivity contribution in [3.8, 4) is 0 Å². The predicted octanol–water partition coefficient (Wildman–Crippen LogP) is 2.20. The zero-order valence-electron chi connectivity index (χ0n) is 13.3. The standard InChI is InChI=1S/C17H25NO4/c1-14(2)12-18(10-8-17(20)21)16(19)13-22-11-9-15-6-4-3-5-7-15/h3-7,14H,8-13H2,1-2H3,(H,20,21). The number of carboxylic acids is 1. The first kappa shape index (κ1) is 18.2. The molecule has 122 valence electrons. The Balaban J connectivity index is 2.33. The van der Waals surface area contributed by atoms with Crippen molar-refractivity contribution in [2.45, 2.75) is 26.7 Å². The second kappa shape index (κ2) is 9.95. The third-order valence-electron chi connectivity index (χ3n) is 3.14. The van der Waals surface area contributed by atoms with E-state index in [-0.39, 0.29) is 25.5 Å². The molecule has 1 aromatic rings. The van der Waals surface area contributed by atoms with E-state index in [2.05, 4.69) is 0 Å². The minimum absolute atomic E-state index is 0.000821. The average molecular weight is 307 g/mol. The molecule has 0 aliphatic carbocycles. The van der Waals surface area contributed by atoms with Gasteiger partial charge in [-0.3, -0.25) is 9.59 Å². The van der Waals surface area contributed by atoms with Crippen LogP contribution in [0.4, 0.5) is 0 Å². The summed E-state index contributed by atoms with van der Waals surface area (Å²) < 4.78 is 5.43. The monoisotopic (exact) mass is 307 g/mol. The molecule has 0 atom stereocenters. The fourth-order valence-corrected chi connectivity index (χ4v) is 2.07. The number of hydrogen-bond donors (Lipinski definition) is 1. The van der Waals surface area contributed by atoms with Crippen LogP contribution in [-0.4, -0.2) is 48.2 Å². The number of aliphatic carboxylic acids is 1. The van der Waals surface area contributed by atoms with E-state index in [1.807, 2.05) is 44.2 Å². The molecule has 0 saturated heterocycles. The number of carbonyl (C=O) groups excluding carboxylic acids is 1. The van der Waals surface area contributed by atoms with Crippen molar-refractivity contribution in [2.75, 3.05) is 26.3 Å². The number of amides is 1. The Kier molecular flexibility index (Phi) is 8.22. The van der Waals surface area contributed by atoms with Gasteiger partial charge in [-0.25, -0.2) is 0 Å². The van der Waals surface area contributed by atoms with Crippen molar-refractivity contribution < 1.29 is 19.4 Å². The maximum absolute atomic E-state index is 12.1. The van der Waals surface area contributed by atoms with Gasteiger partial charge < -0.3 is 14.7 Å². The summed E-state index contributed by atoms with van der Waals surface area (Å²) in [5, 5.41) is 8.75. The van der Waals surface area contributed by atoms with Gasteiger partial charge in [0.05, 0.1) is 13.0 Å². The normalized spacial score (nSPS) is 10.7. The molecular weight excluding hydrogens is 282 g/mol. The van der Waals surface area contributed by atoms with Crippen molar-refractivity contribution in [3.63, 3.8) is 0 Å². The molecule has 0 aromatic heterocycles. The number of nitrogens with zero attached hydrogens (tertiary/aromatic N) is 1. The Labute approximate surface area is 131 Å². The van der Waals surface area contributed by atoms with Crippen LogP contribution in [0.1, 0.15) is 25.8 Å². The molecule has 5 nitrogen and oxygen atoms in total. The van der Waals surface area contributed by atoms with Crippen LogP contribution in [0.15, 0.2) is 30.3 Å². The fourth-order valence-electron chi connectivity index (χ4n) is 2.07. The number of benzene rings is 1. The van der Waals surface area contributed by atoms with Crippen LogP contribution in [0, 0.1) is 5.92 Å². The summed E-state index contributed by atoms with van der Waals surface area (Å²) >= 11 is 0. The van der Waals surface area contributed by atoms with Gasteiger partial charge in [-0.1, -0.05) is 44.2 Å². The van der Waals surface area contributed by atoms with E-state index in [9.17, 15) is 9.59 Å². The highest BCUT2D eigenvalue weighted by Gasteiger charge is 2.16. The van der Waals surface area contributed by atoms with Gasteiger partial charge in [0.1, 0.15) is 6.61 Å². The Morgan fingerprint density at radius 3 is 2.50 bits per heavy atom. The minimum Gasteiger partial charge on any atom is -0.481 e. The van der Waals surface area contributed by atoms with E-state index >= 15 is 0 Å². The summed E-state index contributed by atoms with van der Waals surface area (Å²) in [4.78, 5) is 24.3. The lowest BCUT2D eigenvalue weighted by molar-refractivity contribution is -0.140. The van der Waals surface area contributed by atoms with Gasteiger partial charge in [0.15, 0.2) is 0 Å². The molecule has 0 fully saturated rings. The first-order valence-corrected chi connectivity index (χ1v) is 7.60. The molecule has 0 saturated carbocycles. The summed E-state index contributed by atoms with van der Waals surface area (Å²) in [5.74, 6) is -0.753. The molecule has 5 heteroatoms. The highest BCUT2D eigenvalue weighted by molar-refractivity contribution is 5.78. The average Bonchev–Trinajstić information content (AvgIpc) is 2.48. The topological polar surface area (TPSA) is 66.8 Å². The lowest BCUT2D eigenvalue weighted by Gasteiger charge is -2.24. The quantitative estimate of drug-likeness (QED) is 0.673. The maximum atomic E-state index is 12.1. The van der Waals surface area contributed by atoms with E-state index in [1.165, 1.54) is 5.56 Å². The SMILES string of the molecule is CC(C)CN(CCC(=O)O)C(=O)COCCc1ccccc1. The van der Waals surface area contributed by atoms with E-state index < -0.39 is 5.97 Å². The number of ether oxygens (including phenoxy) is 1. The van der Waals surface area contributed by atoms with Crippen molar-refractivity contribution in [3.05, 3.63) is 35.9 Å². The number of hydrogen-bond acceptors (Lipinski definition) is 3. The van der Waals surface area contributed by atoms with Crippen molar-refractivity contribution in [2.24, 2.45) is 5.92 Å². The number of rotatable bonds is 10. The number of carboxylic acid groups (broad SMARTS) is 1. The van der Waals surface area contributed by atoms with Crippen LogP contribution in [-0.2, 0) is 20.7 Å². The lowest BCUT2D eigenvalue weighted by Crippen LogP contribution is -2.38. The van der Waals surface area contributed by atoms with E-state index in [0.29, 0.717) is 19.1 Å². The third-order valence-corrected chi connectivity index (χ3v) is 3.14. The van der Waals surface area contributed by atoms with E-state index in [0.717, 1.165) is 6.42 Å². The third kappa shape index (κ3) is 7.78. The molecule has 0 heterocycles. The zero-order valence-corrected chi connectivity index (χ0v) is 13.3. The molecule has 22 heavy (non-hydrogen) atoms. The van der Waals surface area contributed by atoms with Crippen LogP contribution < -0.4 is 0 Å². The van der Waals surface area contributed by atoms with Crippen LogP contribution in [0.2, 0.25) is 0 Å². The number of carbonyl (C=O) groups is 2. The fraction of sp³-hybridized carbons (Fsp3) is 0.529. The Bertz CT molecular complexity index is 459. The highest BCUT2D eigenvalue weighted by atomic mass is 16.5. The Morgan fingerprint density at radius 2 is 1.91 bits per heavy atom. The highest BCUT2D eigenvalue weighted by Crippen LogP contribution is 2.03. The predicted molar refractivity (Wildman–Crippen MR) is 84.6 cm³/mol. The molecule has 0 aliphatic rings. The summed E-state index contributed by atoms with van der Waals surface area (Å²) in [5.41, 5.74) is 1.17. The summed E-state index contributed by atoms with van der Waals surface area (Å²) in [6.07, 6.45) is 0.718. The van der Waals surface area contributed by atoms with Crippen LogP contribution >= 0.6 is 0 Å². The van der Waals surface area contributed by atoms with Crippen molar-refractivity contribution in [1.29, 1.82) is 0 Å². The van der Waals surface area contributed by atoms with Crippen LogP contribution in [0.25, 0.3) is 0 Å². The van der Waals surface area contributed by atoms with Gasteiger partial charge in [-0.05, 0) is 17.9 Å².